The van der Waals surface area contributed by atoms with Crippen molar-refractivity contribution < 1.29 is 9.53 Å². The van der Waals surface area contributed by atoms with Crippen molar-refractivity contribution in [2.24, 2.45) is 5.10 Å². The van der Waals surface area contributed by atoms with Gasteiger partial charge in [-0.3, -0.25) is 4.79 Å². The van der Waals surface area contributed by atoms with Crippen molar-refractivity contribution in [2.75, 3.05) is 36.2 Å². The molecule has 0 spiro atoms. The third-order valence-electron chi connectivity index (χ3n) is 5.04. The van der Waals surface area contributed by atoms with Crippen LogP contribution in [-0.2, 0) is 9.53 Å². The number of nitrogens with zero attached hydrogens (tertiary/aromatic N) is 3. The molecule has 0 aromatic heterocycles. The molecule has 1 fully saturated rings. The first-order valence-electron chi connectivity index (χ1n) is 9.33. The lowest BCUT2D eigenvalue weighted by molar-refractivity contribution is -0.114. The Bertz CT molecular complexity index is 960. The summed E-state index contributed by atoms with van der Waals surface area (Å²) in [5.41, 5.74) is 5.07. The first kappa shape index (κ1) is 18.7. The molecule has 6 heteroatoms. The SMILES string of the molecule is CC1=NN(c2ccc(C)c(Cl)c2)C(=O)/C1=C/c1ccc(N2CCOCC2)cc1. The Morgan fingerprint density at radius 3 is 2.39 bits per heavy atom. The highest BCUT2D eigenvalue weighted by Crippen LogP contribution is 2.29. The lowest BCUT2D eigenvalue weighted by Gasteiger charge is -2.28. The number of hydrogen-bond acceptors (Lipinski definition) is 4. The van der Waals surface area contributed by atoms with Gasteiger partial charge in [-0.15, -0.1) is 0 Å². The summed E-state index contributed by atoms with van der Waals surface area (Å²) >= 11 is 6.21. The van der Waals surface area contributed by atoms with E-state index in [1.807, 2.05) is 44.2 Å². The van der Waals surface area contributed by atoms with Crippen LogP contribution in [0.5, 0.6) is 0 Å². The number of aryl methyl sites for hydroxylation is 1. The molecule has 0 unspecified atom stereocenters. The number of anilines is 2. The molecule has 2 heterocycles. The van der Waals surface area contributed by atoms with Crippen LogP contribution in [0.25, 0.3) is 6.08 Å². The number of hydrazone groups is 1. The topological polar surface area (TPSA) is 45.1 Å². The zero-order chi connectivity index (χ0) is 19.7. The molecule has 2 aliphatic heterocycles. The molecule has 0 saturated carbocycles. The number of rotatable bonds is 3. The smallest absolute Gasteiger partial charge is 0.280 e. The molecule has 0 atom stereocenters. The molecular formula is C22H22ClN3O2. The zero-order valence-electron chi connectivity index (χ0n) is 16.0. The molecule has 0 radical (unpaired) electrons. The van der Waals surface area contributed by atoms with Crippen LogP contribution < -0.4 is 9.91 Å². The number of amides is 1. The quantitative estimate of drug-likeness (QED) is 0.728. The van der Waals surface area contributed by atoms with Gasteiger partial charge < -0.3 is 9.64 Å². The molecule has 0 bridgehead atoms. The summed E-state index contributed by atoms with van der Waals surface area (Å²) in [7, 11) is 0. The maximum Gasteiger partial charge on any atom is 0.280 e. The van der Waals surface area contributed by atoms with E-state index in [0.29, 0.717) is 22.0 Å². The third kappa shape index (κ3) is 3.68. The van der Waals surface area contributed by atoms with E-state index in [2.05, 4.69) is 22.1 Å². The lowest BCUT2D eigenvalue weighted by atomic mass is 10.1. The van der Waals surface area contributed by atoms with Gasteiger partial charge in [-0.05, 0) is 55.3 Å². The number of morpholine rings is 1. The fraction of sp³-hybridized carbons (Fsp3) is 0.273. The van der Waals surface area contributed by atoms with E-state index in [9.17, 15) is 4.79 Å². The Balaban J connectivity index is 1.55. The molecule has 0 N–H and O–H groups in total. The number of ether oxygens (including phenoxy) is 1. The summed E-state index contributed by atoms with van der Waals surface area (Å²) in [5, 5.41) is 6.46. The molecule has 2 aliphatic rings. The monoisotopic (exact) mass is 395 g/mol. The van der Waals surface area contributed by atoms with Gasteiger partial charge in [0.1, 0.15) is 0 Å². The number of carbonyl (C=O) groups is 1. The minimum Gasteiger partial charge on any atom is -0.378 e. The molecule has 2 aromatic rings. The van der Waals surface area contributed by atoms with Crippen LogP contribution in [0, 0.1) is 6.92 Å². The molecule has 4 rings (SSSR count). The molecule has 2 aromatic carbocycles. The van der Waals surface area contributed by atoms with E-state index in [1.165, 1.54) is 10.7 Å². The number of halogens is 1. The molecule has 1 amide bonds. The fourth-order valence-electron chi connectivity index (χ4n) is 3.34. The summed E-state index contributed by atoms with van der Waals surface area (Å²) in [5.74, 6) is -0.144. The average molecular weight is 396 g/mol. The highest BCUT2D eigenvalue weighted by atomic mass is 35.5. The second-order valence-electron chi connectivity index (χ2n) is 6.98. The van der Waals surface area contributed by atoms with Gasteiger partial charge >= 0.3 is 0 Å². The van der Waals surface area contributed by atoms with Crippen molar-refractivity contribution in [3.05, 3.63) is 64.2 Å². The van der Waals surface area contributed by atoms with Gasteiger partial charge in [0.05, 0.1) is 30.2 Å². The van der Waals surface area contributed by atoms with Gasteiger partial charge in [0.25, 0.3) is 5.91 Å². The van der Waals surface area contributed by atoms with Crippen LogP contribution in [0.4, 0.5) is 11.4 Å². The Labute approximate surface area is 169 Å². The van der Waals surface area contributed by atoms with Crippen molar-refractivity contribution in [1.29, 1.82) is 0 Å². The number of benzene rings is 2. The maximum absolute atomic E-state index is 12.9. The van der Waals surface area contributed by atoms with Crippen molar-refractivity contribution in [2.45, 2.75) is 13.8 Å². The Morgan fingerprint density at radius 1 is 1.04 bits per heavy atom. The summed E-state index contributed by atoms with van der Waals surface area (Å²) in [6.07, 6.45) is 1.89. The van der Waals surface area contributed by atoms with Crippen LogP contribution in [0.1, 0.15) is 18.1 Å². The molecule has 0 aliphatic carbocycles. The summed E-state index contributed by atoms with van der Waals surface area (Å²) in [6.45, 7) is 7.10. The van der Waals surface area contributed by atoms with Gasteiger partial charge in [0.15, 0.2) is 0 Å². The molecular weight excluding hydrogens is 374 g/mol. The zero-order valence-corrected chi connectivity index (χ0v) is 16.7. The average Bonchev–Trinajstić information content (AvgIpc) is 2.99. The van der Waals surface area contributed by atoms with E-state index < -0.39 is 0 Å². The number of hydrogen-bond donors (Lipinski definition) is 0. The van der Waals surface area contributed by atoms with Crippen LogP contribution in [-0.4, -0.2) is 37.9 Å². The van der Waals surface area contributed by atoms with E-state index in [4.69, 9.17) is 16.3 Å². The van der Waals surface area contributed by atoms with Crippen molar-refractivity contribution in [3.8, 4) is 0 Å². The molecule has 144 valence electrons. The Morgan fingerprint density at radius 2 is 1.71 bits per heavy atom. The van der Waals surface area contributed by atoms with Gasteiger partial charge in [-0.25, -0.2) is 0 Å². The van der Waals surface area contributed by atoms with Gasteiger partial charge in [-0.2, -0.15) is 10.1 Å². The van der Waals surface area contributed by atoms with E-state index in [-0.39, 0.29) is 5.91 Å². The standard InChI is InChI=1S/C22H22ClN3O2/c1-15-3-6-19(14-21(15)23)26-22(27)20(16(2)24-26)13-17-4-7-18(8-5-17)25-9-11-28-12-10-25/h3-8,13-14H,9-12H2,1-2H3/b20-13+. The van der Waals surface area contributed by atoms with Crippen molar-refractivity contribution >= 4 is 40.7 Å². The first-order valence-corrected chi connectivity index (χ1v) is 9.71. The van der Waals surface area contributed by atoms with E-state index in [0.717, 1.165) is 37.4 Å². The van der Waals surface area contributed by atoms with Crippen molar-refractivity contribution in [3.63, 3.8) is 0 Å². The predicted octanol–water partition coefficient (Wildman–Crippen LogP) is 4.29. The second kappa shape index (κ2) is 7.78. The van der Waals surface area contributed by atoms with Gasteiger partial charge in [-0.1, -0.05) is 29.8 Å². The molecule has 28 heavy (non-hydrogen) atoms. The maximum atomic E-state index is 12.9. The largest absolute Gasteiger partial charge is 0.378 e. The van der Waals surface area contributed by atoms with E-state index >= 15 is 0 Å². The van der Waals surface area contributed by atoms with Crippen LogP contribution in [0.15, 0.2) is 53.1 Å². The Kier molecular flexibility index (Phi) is 5.20. The normalized spacial score (nSPS) is 18.8. The molecule has 1 saturated heterocycles. The Hall–Kier alpha value is -2.63. The lowest BCUT2D eigenvalue weighted by Crippen LogP contribution is -2.36. The van der Waals surface area contributed by atoms with Crippen molar-refractivity contribution in [1.82, 2.24) is 0 Å². The summed E-state index contributed by atoms with van der Waals surface area (Å²) in [4.78, 5) is 15.2. The van der Waals surface area contributed by atoms with Crippen LogP contribution >= 0.6 is 11.6 Å². The molecule has 5 nitrogen and oxygen atoms in total. The fourth-order valence-corrected chi connectivity index (χ4v) is 3.52. The first-order chi connectivity index (χ1) is 13.5. The van der Waals surface area contributed by atoms with Gasteiger partial charge in [0, 0.05) is 23.8 Å². The highest BCUT2D eigenvalue weighted by molar-refractivity contribution is 6.33. The van der Waals surface area contributed by atoms with Crippen LogP contribution in [0.2, 0.25) is 5.02 Å². The summed E-state index contributed by atoms with van der Waals surface area (Å²) < 4.78 is 5.40. The third-order valence-corrected chi connectivity index (χ3v) is 5.45. The van der Waals surface area contributed by atoms with Gasteiger partial charge in [0.2, 0.25) is 0 Å². The minimum atomic E-state index is -0.144. The number of carbonyl (C=O) groups excluding carboxylic acids is 1. The van der Waals surface area contributed by atoms with Crippen LogP contribution in [0.3, 0.4) is 0 Å². The minimum absolute atomic E-state index is 0.144. The second-order valence-corrected chi connectivity index (χ2v) is 7.39. The highest BCUT2D eigenvalue weighted by Gasteiger charge is 2.29. The predicted molar refractivity (Wildman–Crippen MR) is 114 cm³/mol. The van der Waals surface area contributed by atoms with E-state index in [1.54, 1.807) is 6.07 Å². The summed E-state index contributed by atoms with van der Waals surface area (Å²) in [6, 6.07) is 13.7.